The SMILES string of the molecule is CC1CCN(C(CN)c2cccc(F)c2F)C1. The summed E-state index contributed by atoms with van der Waals surface area (Å²) in [4.78, 5) is 2.14. The number of nitrogens with zero attached hydrogens (tertiary/aromatic N) is 1. The lowest BCUT2D eigenvalue weighted by molar-refractivity contribution is 0.237. The average molecular weight is 240 g/mol. The van der Waals surface area contributed by atoms with Gasteiger partial charge in [-0.05, 0) is 24.9 Å². The van der Waals surface area contributed by atoms with Crippen molar-refractivity contribution < 1.29 is 8.78 Å². The Hall–Kier alpha value is -1.00. The number of hydrogen-bond donors (Lipinski definition) is 1. The van der Waals surface area contributed by atoms with Gasteiger partial charge in [-0.3, -0.25) is 4.90 Å². The fourth-order valence-corrected chi connectivity index (χ4v) is 2.50. The summed E-state index contributed by atoms with van der Waals surface area (Å²) in [5.74, 6) is -0.962. The van der Waals surface area contributed by atoms with E-state index in [0.29, 0.717) is 18.0 Å². The number of likely N-dealkylation sites (tertiary alicyclic amines) is 1. The molecular formula is C13H18F2N2. The molecule has 0 amide bonds. The Balaban J connectivity index is 2.26. The Morgan fingerprint density at radius 2 is 2.24 bits per heavy atom. The second-order valence-electron chi connectivity index (χ2n) is 4.78. The van der Waals surface area contributed by atoms with Gasteiger partial charge < -0.3 is 5.73 Å². The van der Waals surface area contributed by atoms with Crippen LogP contribution in [0.1, 0.15) is 24.9 Å². The van der Waals surface area contributed by atoms with Gasteiger partial charge in [-0.1, -0.05) is 19.1 Å². The van der Waals surface area contributed by atoms with E-state index in [1.165, 1.54) is 6.07 Å². The number of benzene rings is 1. The molecule has 1 aliphatic rings. The van der Waals surface area contributed by atoms with E-state index in [0.717, 1.165) is 25.6 Å². The smallest absolute Gasteiger partial charge is 0.163 e. The highest BCUT2D eigenvalue weighted by Gasteiger charge is 2.28. The van der Waals surface area contributed by atoms with Gasteiger partial charge in [-0.15, -0.1) is 0 Å². The van der Waals surface area contributed by atoms with Crippen molar-refractivity contribution in [1.82, 2.24) is 4.90 Å². The molecule has 1 heterocycles. The number of nitrogens with two attached hydrogens (primary N) is 1. The van der Waals surface area contributed by atoms with E-state index in [1.807, 2.05) is 0 Å². The molecule has 1 saturated heterocycles. The van der Waals surface area contributed by atoms with Crippen LogP contribution < -0.4 is 5.73 Å². The summed E-state index contributed by atoms with van der Waals surface area (Å²) in [7, 11) is 0. The van der Waals surface area contributed by atoms with Crippen LogP contribution in [0.2, 0.25) is 0 Å². The molecule has 17 heavy (non-hydrogen) atoms. The van der Waals surface area contributed by atoms with E-state index in [4.69, 9.17) is 5.73 Å². The van der Waals surface area contributed by atoms with Gasteiger partial charge in [-0.2, -0.15) is 0 Å². The molecule has 0 aliphatic carbocycles. The zero-order valence-corrected chi connectivity index (χ0v) is 10.00. The van der Waals surface area contributed by atoms with Crippen molar-refractivity contribution in [2.45, 2.75) is 19.4 Å². The van der Waals surface area contributed by atoms with Gasteiger partial charge in [0.25, 0.3) is 0 Å². The molecule has 0 radical (unpaired) electrons. The fraction of sp³-hybridized carbons (Fsp3) is 0.538. The van der Waals surface area contributed by atoms with Crippen LogP contribution in [0.3, 0.4) is 0 Å². The monoisotopic (exact) mass is 240 g/mol. The van der Waals surface area contributed by atoms with E-state index in [1.54, 1.807) is 6.07 Å². The van der Waals surface area contributed by atoms with Gasteiger partial charge in [0.2, 0.25) is 0 Å². The first kappa shape index (κ1) is 12.5. The van der Waals surface area contributed by atoms with Crippen molar-refractivity contribution in [3.8, 4) is 0 Å². The van der Waals surface area contributed by atoms with Gasteiger partial charge in [0.15, 0.2) is 11.6 Å². The molecule has 1 aliphatic heterocycles. The molecule has 1 fully saturated rings. The molecule has 94 valence electrons. The summed E-state index contributed by atoms with van der Waals surface area (Å²) in [5.41, 5.74) is 6.09. The molecule has 0 aromatic heterocycles. The largest absolute Gasteiger partial charge is 0.329 e. The number of rotatable bonds is 3. The van der Waals surface area contributed by atoms with Crippen LogP contribution in [0.25, 0.3) is 0 Å². The van der Waals surface area contributed by atoms with Crippen molar-refractivity contribution in [3.05, 3.63) is 35.4 Å². The maximum absolute atomic E-state index is 13.7. The first-order valence-electron chi connectivity index (χ1n) is 6.01. The van der Waals surface area contributed by atoms with Crippen molar-refractivity contribution in [2.75, 3.05) is 19.6 Å². The lowest BCUT2D eigenvalue weighted by Crippen LogP contribution is -2.32. The summed E-state index contributed by atoms with van der Waals surface area (Å²) in [6.45, 7) is 4.28. The Kier molecular flexibility index (Phi) is 3.74. The predicted molar refractivity (Wildman–Crippen MR) is 63.5 cm³/mol. The highest BCUT2D eigenvalue weighted by Crippen LogP contribution is 2.28. The lowest BCUT2D eigenvalue weighted by Gasteiger charge is -2.27. The fourth-order valence-electron chi connectivity index (χ4n) is 2.50. The van der Waals surface area contributed by atoms with E-state index >= 15 is 0 Å². The average Bonchev–Trinajstić information content (AvgIpc) is 2.72. The van der Waals surface area contributed by atoms with E-state index in [2.05, 4.69) is 11.8 Å². The molecule has 4 heteroatoms. The van der Waals surface area contributed by atoms with Crippen molar-refractivity contribution in [3.63, 3.8) is 0 Å². The quantitative estimate of drug-likeness (QED) is 0.878. The Morgan fingerprint density at radius 1 is 1.47 bits per heavy atom. The van der Waals surface area contributed by atoms with Crippen molar-refractivity contribution in [1.29, 1.82) is 0 Å². The molecule has 2 rings (SSSR count). The highest BCUT2D eigenvalue weighted by molar-refractivity contribution is 5.23. The molecule has 2 unspecified atom stereocenters. The minimum absolute atomic E-state index is 0.212. The molecule has 2 nitrogen and oxygen atoms in total. The van der Waals surface area contributed by atoms with Crippen LogP contribution in [0, 0.1) is 17.6 Å². The van der Waals surface area contributed by atoms with E-state index in [-0.39, 0.29) is 6.04 Å². The van der Waals surface area contributed by atoms with Crippen LogP contribution in [0.4, 0.5) is 8.78 Å². The molecule has 2 N–H and O–H groups in total. The first-order chi connectivity index (χ1) is 8.13. The first-order valence-corrected chi connectivity index (χ1v) is 6.01. The maximum atomic E-state index is 13.7. The van der Waals surface area contributed by atoms with Crippen LogP contribution >= 0.6 is 0 Å². The minimum Gasteiger partial charge on any atom is -0.329 e. The molecule has 1 aromatic carbocycles. The Labute approximate surface area is 100 Å². The van der Waals surface area contributed by atoms with Crippen LogP contribution in [-0.2, 0) is 0 Å². The zero-order chi connectivity index (χ0) is 12.4. The highest BCUT2D eigenvalue weighted by atomic mass is 19.2. The summed E-state index contributed by atoms with van der Waals surface area (Å²) < 4.78 is 26.9. The molecule has 1 aromatic rings. The zero-order valence-electron chi connectivity index (χ0n) is 10.00. The predicted octanol–water partition coefficient (Wildman–Crippen LogP) is 2.31. The second-order valence-corrected chi connectivity index (χ2v) is 4.78. The topological polar surface area (TPSA) is 29.3 Å². The normalized spacial score (nSPS) is 22.9. The Morgan fingerprint density at radius 3 is 2.82 bits per heavy atom. The third-order valence-electron chi connectivity index (χ3n) is 3.46. The third-order valence-corrected chi connectivity index (χ3v) is 3.46. The number of hydrogen-bond acceptors (Lipinski definition) is 2. The van der Waals surface area contributed by atoms with Gasteiger partial charge in [0, 0.05) is 18.7 Å². The van der Waals surface area contributed by atoms with Crippen LogP contribution in [0.5, 0.6) is 0 Å². The van der Waals surface area contributed by atoms with E-state index < -0.39 is 11.6 Å². The van der Waals surface area contributed by atoms with Gasteiger partial charge in [0.05, 0.1) is 6.04 Å². The third kappa shape index (κ3) is 2.48. The van der Waals surface area contributed by atoms with Gasteiger partial charge in [-0.25, -0.2) is 8.78 Å². The standard InChI is InChI=1S/C13H18F2N2/c1-9-5-6-17(8-9)12(7-16)10-3-2-4-11(14)13(10)15/h2-4,9,12H,5-8,16H2,1H3. The molecular weight excluding hydrogens is 222 g/mol. The number of halogens is 2. The van der Waals surface area contributed by atoms with Gasteiger partial charge >= 0.3 is 0 Å². The van der Waals surface area contributed by atoms with Crippen molar-refractivity contribution in [2.24, 2.45) is 11.7 Å². The summed E-state index contributed by atoms with van der Waals surface area (Å²) in [6.07, 6.45) is 1.09. The lowest BCUT2D eigenvalue weighted by atomic mass is 10.0. The molecule has 0 spiro atoms. The van der Waals surface area contributed by atoms with Crippen LogP contribution in [-0.4, -0.2) is 24.5 Å². The molecule has 0 saturated carbocycles. The summed E-state index contributed by atoms with van der Waals surface area (Å²) in [6, 6.07) is 4.09. The minimum atomic E-state index is -0.798. The summed E-state index contributed by atoms with van der Waals surface area (Å²) >= 11 is 0. The Bertz CT molecular complexity index is 395. The van der Waals surface area contributed by atoms with E-state index in [9.17, 15) is 8.78 Å². The molecule has 2 atom stereocenters. The van der Waals surface area contributed by atoms with Gasteiger partial charge in [0.1, 0.15) is 0 Å². The second kappa shape index (κ2) is 5.10. The molecule has 0 bridgehead atoms. The summed E-state index contributed by atoms with van der Waals surface area (Å²) in [5, 5.41) is 0. The van der Waals surface area contributed by atoms with Crippen molar-refractivity contribution >= 4 is 0 Å². The van der Waals surface area contributed by atoms with Crippen LogP contribution in [0.15, 0.2) is 18.2 Å². The maximum Gasteiger partial charge on any atom is 0.163 e.